The number of carboxylic acids is 1. The maximum absolute atomic E-state index is 14.1. The molecule has 0 amide bonds. The predicted molar refractivity (Wildman–Crippen MR) is 91.0 cm³/mol. The summed E-state index contributed by atoms with van der Waals surface area (Å²) in [7, 11) is 0. The van der Waals surface area contributed by atoms with Gasteiger partial charge in [0.15, 0.2) is 0 Å². The van der Waals surface area contributed by atoms with Crippen molar-refractivity contribution in [3.05, 3.63) is 70.7 Å². The molecule has 4 heteroatoms. The third-order valence-electron chi connectivity index (χ3n) is 4.91. The summed E-state index contributed by atoms with van der Waals surface area (Å²) in [6.07, 6.45) is 4.22. The summed E-state index contributed by atoms with van der Waals surface area (Å²) in [5.74, 6) is -1.16. The van der Waals surface area contributed by atoms with Crippen molar-refractivity contribution in [3.63, 3.8) is 0 Å². The zero-order valence-electron chi connectivity index (χ0n) is 13.3. The molecular weight excluding hydrogens is 305 g/mol. The Morgan fingerprint density at radius 3 is 2.71 bits per heavy atom. The second-order valence-corrected chi connectivity index (χ2v) is 6.35. The smallest absolute Gasteiger partial charge is 0.335 e. The van der Waals surface area contributed by atoms with E-state index in [1.54, 1.807) is 24.3 Å². The van der Waals surface area contributed by atoms with Crippen molar-refractivity contribution in [2.75, 3.05) is 0 Å². The van der Waals surface area contributed by atoms with Crippen LogP contribution in [-0.2, 0) is 19.4 Å². The van der Waals surface area contributed by atoms with Crippen molar-refractivity contribution in [1.82, 2.24) is 4.57 Å². The lowest BCUT2D eigenvalue weighted by atomic mass is 9.95. The van der Waals surface area contributed by atoms with Crippen LogP contribution in [0.3, 0.4) is 0 Å². The van der Waals surface area contributed by atoms with Gasteiger partial charge in [-0.25, -0.2) is 9.18 Å². The van der Waals surface area contributed by atoms with E-state index < -0.39 is 5.97 Å². The van der Waals surface area contributed by atoms with Gasteiger partial charge in [0.05, 0.1) is 12.1 Å². The second kappa shape index (κ2) is 5.78. The van der Waals surface area contributed by atoms with Gasteiger partial charge < -0.3 is 9.67 Å². The van der Waals surface area contributed by atoms with E-state index in [1.165, 1.54) is 17.3 Å². The van der Waals surface area contributed by atoms with Crippen molar-refractivity contribution < 1.29 is 14.3 Å². The van der Waals surface area contributed by atoms with Gasteiger partial charge in [-0.15, -0.1) is 0 Å². The quantitative estimate of drug-likeness (QED) is 0.776. The largest absolute Gasteiger partial charge is 0.478 e. The first-order chi connectivity index (χ1) is 11.6. The SMILES string of the molecule is O=C(O)c1ccc2c3c(n(Cc4ccccc4F)c2c1)CCCC3. The number of hydrogen-bond donors (Lipinski definition) is 1. The number of nitrogens with zero attached hydrogens (tertiary/aromatic N) is 1. The number of halogens is 1. The number of aryl methyl sites for hydroxylation is 1. The molecule has 1 aliphatic rings. The lowest BCUT2D eigenvalue weighted by Gasteiger charge is -2.16. The Morgan fingerprint density at radius 2 is 1.92 bits per heavy atom. The Labute approximate surface area is 139 Å². The van der Waals surface area contributed by atoms with E-state index in [0.29, 0.717) is 12.1 Å². The summed E-state index contributed by atoms with van der Waals surface area (Å²) in [6.45, 7) is 0.432. The lowest BCUT2D eigenvalue weighted by Crippen LogP contribution is -2.10. The standard InChI is InChI=1S/C20H18FNO2/c21-17-7-3-1-5-14(17)12-22-18-8-4-2-6-15(18)16-10-9-13(20(23)24)11-19(16)22/h1,3,5,7,9-11H,2,4,6,8,12H2,(H,23,24). The van der Waals surface area contributed by atoms with Crippen LogP contribution in [0.2, 0.25) is 0 Å². The van der Waals surface area contributed by atoms with E-state index in [0.717, 1.165) is 36.6 Å². The van der Waals surface area contributed by atoms with Gasteiger partial charge in [-0.1, -0.05) is 24.3 Å². The van der Waals surface area contributed by atoms with Crippen molar-refractivity contribution in [2.24, 2.45) is 0 Å². The van der Waals surface area contributed by atoms with Crippen LogP contribution in [0.5, 0.6) is 0 Å². The van der Waals surface area contributed by atoms with Crippen LogP contribution in [-0.4, -0.2) is 15.6 Å². The number of aromatic carboxylic acids is 1. The number of hydrogen-bond acceptors (Lipinski definition) is 1. The zero-order valence-corrected chi connectivity index (χ0v) is 13.3. The zero-order chi connectivity index (χ0) is 16.7. The molecule has 0 saturated heterocycles. The van der Waals surface area contributed by atoms with Gasteiger partial charge in [0.1, 0.15) is 5.82 Å². The van der Waals surface area contributed by atoms with Crippen molar-refractivity contribution in [3.8, 4) is 0 Å². The number of benzene rings is 2. The van der Waals surface area contributed by atoms with Crippen LogP contribution in [0, 0.1) is 5.82 Å². The number of carbonyl (C=O) groups is 1. The highest BCUT2D eigenvalue weighted by Gasteiger charge is 2.21. The summed E-state index contributed by atoms with van der Waals surface area (Å²) in [4.78, 5) is 11.3. The Kier molecular flexibility index (Phi) is 3.60. The van der Waals surface area contributed by atoms with Crippen molar-refractivity contribution in [1.29, 1.82) is 0 Å². The summed E-state index contributed by atoms with van der Waals surface area (Å²) in [5, 5.41) is 10.4. The third-order valence-corrected chi connectivity index (χ3v) is 4.91. The average molecular weight is 323 g/mol. The van der Waals surface area contributed by atoms with Gasteiger partial charge in [0.2, 0.25) is 0 Å². The molecule has 0 atom stereocenters. The molecule has 0 saturated carbocycles. The van der Waals surface area contributed by atoms with Crippen molar-refractivity contribution in [2.45, 2.75) is 32.2 Å². The number of rotatable bonds is 3. The van der Waals surface area contributed by atoms with E-state index in [-0.39, 0.29) is 11.4 Å². The minimum Gasteiger partial charge on any atom is -0.478 e. The maximum atomic E-state index is 14.1. The van der Waals surface area contributed by atoms with Gasteiger partial charge >= 0.3 is 5.97 Å². The summed E-state index contributed by atoms with van der Waals surface area (Å²) >= 11 is 0. The van der Waals surface area contributed by atoms with E-state index in [4.69, 9.17) is 0 Å². The van der Waals surface area contributed by atoms with E-state index in [9.17, 15) is 14.3 Å². The molecule has 3 nitrogen and oxygen atoms in total. The highest BCUT2D eigenvalue weighted by atomic mass is 19.1. The topological polar surface area (TPSA) is 42.2 Å². The monoisotopic (exact) mass is 323 g/mol. The molecule has 4 rings (SSSR count). The number of aromatic nitrogens is 1. The molecule has 3 aromatic rings. The van der Waals surface area contributed by atoms with Crippen LogP contribution in [0.25, 0.3) is 10.9 Å². The molecule has 2 aromatic carbocycles. The fourth-order valence-corrected chi connectivity index (χ4v) is 3.74. The van der Waals surface area contributed by atoms with Crippen LogP contribution in [0.1, 0.15) is 40.0 Å². The molecule has 0 unspecified atom stereocenters. The molecule has 1 heterocycles. The number of fused-ring (bicyclic) bond motifs is 3. The van der Waals surface area contributed by atoms with E-state index in [1.807, 2.05) is 12.1 Å². The summed E-state index contributed by atoms with van der Waals surface area (Å²) in [6, 6.07) is 12.1. The van der Waals surface area contributed by atoms with E-state index >= 15 is 0 Å². The van der Waals surface area contributed by atoms with Gasteiger partial charge in [0, 0.05) is 22.2 Å². The Bertz CT molecular complexity index is 942. The first-order valence-corrected chi connectivity index (χ1v) is 8.26. The Morgan fingerprint density at radius 1 is 1.12 bits per heavy atom. The maximum Gasteiger partial charge on any atom is 0.335 e. The molecule has 0 radical (unpaired) electrons. The minimum absolute atomic E-state index is 0.224. The minimum atomic E-state index is -0.937. The lowest BCUT2D eigenvalue weighted by molar-refractivity contribution is 0.0697. The average Bonchev–Trinajstić information content (AvgIpc) is 2.90. The first-order valence-electron chi connectivity index (χ1n) is 8.26. The molecule has 0 fully saturated rings. The highest BCUT2D eigenvalue weighted by molar-refractivity contribution is 5.95. The van der Waals surface area contributed by atoms with Crippen LogP contribution in [0.4, 0.5) is 4.39 Å². The summed E-state index contributed by atoms with van der Waals surface area (Å²) < 4.78 is 16.2. The van der Waals surface area contributed by atoms with Gasteiger partial charge in [-0.05, 0) is 49.4 Å². The molecule has 1 aliphatic carbocycles. The molecule has 0 bridgehead atoms. The van der Waals surface area contributed by atoms with Crippen LogP contribution < -0.4 is 0 Å². The van der Waals surface area contributed by atoms with Crippen LogP contribution >= 0.6 is 0 Å². The van der Waals surface area contributed by atoms with Gasteiger partial charge in [-0.2, -0.15) is 0 Å². The number of carboxylic acid groups (broad SMARTS) is 1. The Balaban J connectivity index is 1.93. The van der Waals surface area contributed by atoms with Crippen LogP contribution in [0.15, 0.2) is 42.5 Å². The fourth-order valence-electron chi connectivity index (χ4n) is 3.74. The Hall–Kier alpha value is -2.62. The van der Waals surface area contributed by atoms with Gasteiger partial charge in [-0.3, -0.25) is 0 Å². The van der Waals surface area contributed by atoms with E-state index in [2.05, 4.69) is 4.57 Å². The highest BCUT2D eigenvalue weighted by Crippen LogP contribution is 2.33. The molecule has 122 valence electrons. The summed E-state index contributed by atoms with van der Waals surface area (Å²) in [5.41, 5.74) is 4.31. The molecular formula is C20H18FNO2. The fraction of sp³-hybridized carbons (Fsp3) is 0.250. The normalized spacial score (nSPS) is 13.9. The second-order valence-electron chi connectivity index (χ2n) is 6.35. The molecule has 24 heavy (non-hydrogen) atoms. The first kappa shape index (κ1) is 14.9. The third kappa shape index (κ3) is 2.39. The predicted octanol–water partition coefficient (Wildman–Crippen LogP) is 4.41. The van der Waals surface area contributed by atoms with Gasteiger partial charge in [0.25, 0.3) is 0 Å². The molecule has 1 N–H and O–H groups in total. The molecule has 0 aliphatic heterocycles. The molecule has 0 spiro atoms. The molecule has 1 aromatic heterocycles. The van der Waals surface area contributed by atoms with Crippen molar-refractivity contribution >= 4 is 16.9 Å².